The molecule has 154 valence electrons. The number of carbonyl (C=O) groups excluding carboxylic acids is 3. The van der Waals surface area contributed by atoms with Crippen molar-refractivity contribution in [3.63, 3.8) is 0 Å². The fourth-order valence-electron chi connectivity index (χ4n) is 4.00. The summed E-state index contributed by atoms with van der Waals surface area (Å²) in [5.41, 5.74) is 0.600. The van der Waals surface area contributed by atoms with Gasteiger partial charge >= 0.3 is 5.97 Å². The molecule has 0 amide bonds. The summed E-state index contributed by atoms with van der Waals surface area (Å²) >= 11 is 6.36. The second kappa shape index (κ2) is 7.79. The molecule has 0 aromatic heterocycles. The van der Waals surface area contributed by atoms with Gasteiger partial charge in [0.1, 0.15) is 17.5 Å². The van der Waals surface area contributed by atoms with E-state index in [4.69, 9.17) is 21.1 Å². The Kier molecular flexibility index (Phi) is 5.72. The minimum Gasteiger partial charge on any atom is -0.465 e. The summed E-state index contributed by atoms with van der Waals surface area (Å²) in [6.07, 6.45) is 10.1. The number of Topliss-reactive ketones (excluding diaryl/α,β-unsaturated/α-hetero) is 2. The number of hydrogen-bond acceptors (Lipinski definition) is 5. The number of carbonyl (C=O) groups is 3. The summed E-state index contributed by atoms with van der Waals surface area (Å²) in [6.45, 7) is 9.11. The molecule has 29 heavy (non-hydrogen) atoms. The van der Waals surface area contributed by atoms with Crippen LogP contribution >= 0.6 is 11.6 Å². The molecule has 2 heterocycles. The maximum atomic E-state index is 12.9. The zero-order valence-electron chi connectivity index (χ0n) is 17.2. The zero-order valence-corrected chi connectivity index (χ0v) is 18.0. The van der Waals surface area contributed by atoms with Crippen molar-refractivity contribution in [2.24, 2.45) is 17.8 Å². The van der Waals surface area contributed by atoms with Crippen LogP contribution in [0.2, 0.25) is 0 Å². The van der Waals surface area contributed by atoms with Gasteiger partial charge in [0, 0.05) is 11.1 Å². The second-order valence-corrected chi connectivity index (χ2v) is 8.40. The van der Waals surface area contributed by atoms with Crippen LogP contribution in [0.15, 0.2) is 58.1 Å². The SMILES string of the molecule is CC[C@H](C)/C=C(C)\C=C\C1=CC2=C(Cl)C(=O)[C@]3(C)OC(=O)[C@@H](C(C)=O)[C@@H]3C2=CO1. The van der Waals surface area contributed by atoms with Crippen LogP contribution in [0, 0.1) is 17.8 Å². The molecule has 0 radical (unpaired) electrons. The monoisotopic (exact) mass is 416 g/mol. The molecule has 0 aromatic carbocycles. The van der Waals surface area contributed by atoms with Crippen molar-refractivity contribution in [1.29, 1.82) is 0 Å². The number of allylic oxidation sites excluding steroid dienone is 6. The van der Waals surface area contributed by atoms with Crippen LogP contribution in [-0.4, -0.2) is 23.1 Å². The third-order valence-corrected chi connectivity index (χ3v) is 6.15. The molecule has 2 aliphatic heterocycles. The first kappa shape index (κ1) is 21.3. The van der Waals surface area contributed by atoms with E-state index >= 15 is 0 Å². The Morgan fingerprint density at radius 3 is 2.66 bits per heavy atom. The topological polar surface area (TPSA) is 69.7 Å². The smallest absolute Gasteiger partial charge is 0.318 e. The Hall–Kier alpha value is -2.40. The summed E-state index contributed by atoms with van der Waals surface area (Å²) in [5.74, 6) is -2.37. The summed E-state index contributed by atoms with van der Waals surface area (Å²) < 4.78 is 11.1. The molecule has 3 rings (SSSR count). The molecule has 0 aromatic rings. The maximum Gasteiger partial charge on any atom is 0.318 e. The predicted octanol–water partition coefficient (Wildman–Crippen LogP) is 4.55. The van der Waals surface area contributed by atoms with Crippen molar-refractivity contribution in [3.05, 3.63) is 58.1 Å². The van der Waals surface area contributed by atoms with E-state index in [0.717, 1.165) is 12.0 Å². The van der Waals surface area contributed by atoms with Gasteiger partial charge in [-0.3, -0.25) is 14.4 Å². The van der Waals surface area contributed by atoms with Crippen molar-refractivity contribution in [1.82, 2.24) is 0 Å². The molecule has 5 nitrogen and oxygen atoms in total. The molecule has 0 unspecified atom stereocenters. The van der Waals surface area contributed by atoms with Crippen molar-refractivity contribution < 1.29 is 23.9 Å². The highest BCUT2D eigenvalue weighted by molar-refractivity contribution is 6.45. The average Bonchev–Trinajstić information content (AvgIpc) is 2.96. The van der Waals surface area contributed by atoms with Gasteiger partial charge < -0.3 is 9.47 Å². The van der Waals surface area contributed by atoms with Crippen LogP contribution in [0.4, 0.5) is 0 Å². The standard InChI is InChI=1S/C23H25ClO5/c1-6-12(2)9-13(3)7-8-15-10-16-17(11-28-15)19-18(14(4)25)22(27)29-23(19,5)21(26)20(16)24/h7-12,18-19H,6H2,1-5H3/b8-7+,13-9-/t12-,18-,19-,23+/m0/s1. The third kappa shape index (κ3) is 3.64. The van der Waals surface area contributed by atoms with Crippen LogP contribution in [0.25, 0.3) is 0 Å². The van der Waals surface area contributed by atoms with Gasteiger partial charge in [-0.2, -0.15) is 0 Å². The van der Waals surface area contributed by atoms with Crippen LogP contribution in [0.5, 0.6) is 0 Å². The van der Waals surface area contributed by atoms with Gasteiger partial charge in [0.15, 0.2) is 5.60 Å². The van der Waals surface area contributed by atoms with Gasteiger partial charge in [-0.15, -0.1) is 0 Å². The molecule has 1 aliphatic carbocycles. The van der Waals surface area contributed by atoms with Crippen molar-refractivity contribution in [3.8, 4) is 0 Å². The van der Waals surface area contributed by atoms with E-state index in [9.17, 15) is 14.4 Å². The van der Waals surface area contributed by atoms with Gasteiger partial charge in [0.2, 0.25) is 5.78 Å². The molecule has 6 heteroatoms. The van der Waals surface area contributed by atoms with E-state index in [1.165, 1.54) is 20.1 Å². The Balaban J connectivity index is 1.98. The molecule has 4 atom stereocenters. The largest absolute Gasteiger partial charge is 0.465 e. The molecular weight excluding hydrogens is 392 g/mol. The molecule has 1 fully saturated rings. The van der Waals surface area contributed by atoms with E-state index in [0.29, 0.717) is 22.8 Å². The average molecular weight is 417 g/mol. The summed E-state index contributed by atoms with van der Waals surface area (Å²) in [6, 6.07) is 0. The van der Waals surface area contributed by atoms with E-state index in [2.05, 4.69) is 19.9 Å². The van der Waals surface area contributed by atoms with E-state index in [1.54, 1.807) is 12.2 Å². The molecular formula is C23H25ClO5. The van der Waals surface area contributed by atoms with Gasteiger partial charge in [-0.1, -0.05) is 49.6 Å². The Bertz CT molecular complexity index is 933. The van der Waals surface area contributed by atoms with Gasteiger partial charge in [0.05, 0.1) is 17.2 Å². The lowest BCUT2D eigenvalue weighted by Gasteiger charge is -2.36. The minimum absolute atomic E-state index is 0.0203. The van der Waals surface area contributed by atoms with Crippen molar-refractivity contribution in [2.75, 3.05) is 0 Å². The first-order valence-corrected chi connectivity index (χ1v) is 10.1. The molecule has 3 aliphatic rings. The molecule has 0 spiro atoms. The first-order chi connectivity index (χ1) is 13.6. The van der Waals surface area contributed by atoms with E-state index < -0.39 is 29.2 Å². The quantitative estimate of drug-likeness (QED) is 0.373. The minimum atomic E-state index is -1.50. The van der Waals surface area contributed by atoms with Crippen molar-refractivity contribution >= 4 is 29.1 Å². The van der Waals surface area contributed by atoms with Crippen molar-refractivity contribution in [2.45, 2.75) is 46.6 Å². The number of ether oxygens (including phenoxy) is 2. The molecule has 0 bridgehead atoms. The summed E-state index contributed by atoms with van der Waals surface area (Å²) in [7, 11) is 0. The number of rotatable bonds is 5. The summed E-state index contributed by atoms with van der Waals surface area (Å²) in [5, 5.41) is -0.0203. The van der Waals surface area contributed by atoms with Gasteiger partial charge in [-0.05, 0) is 38.8 Å². The first-order valence-electron chi connectivity index (χ1n) is 9.73. The van der Waals surface area contributed by atoms with Crippen LogP contribution in [-0.2, 0) is 23.9 Å². The predicted molar refractivity (Wildman–Crippen MR) is 110 cm³/mol. The lowest BCUT2D eigenvalue weighted by Crippen LogP contribution is -2.47. The Morgan fingerprint density at radius 1 is 1.34 bits per heavy atom. The number of halogens is 1. The highest BCUT2D eigenvalue weighted by atomic mass is 35.5. The van der Waals surface area contributed by atoms with Crippen LogP contribution < -0.4 is 0 Å². The molecule has 0 N–H and O–H groups in total. The lowest BCUT2D eigenvalue weighted by atomic mass is 9.68. The molecule has 1 saturated heterocycles. The Morgan fingerprint density at radius 2 is 2.03 bits per heavy atom. The summed E-state index contributed by atoms with van der Waals surface area (Å²) in [4.78, 5) is 37.3. The fraction of sp³-hybridized carbons (Fsp3) is 0.435. The highest BCUT2D eigenvalue weighted by Crippen LogP contribution is 2.52. The lowest BCUT2D eigenvalue weighted by molar-refractivity contribution is -0.156. The number of hydrogen-bond donors (Lipinski definition) is 0. The van der Waals surface area contributed by atoms with E-state index in [-0.39, 0.29) is 10.8 Å². The van der Waals surface area contributed by atoms with Gasteiger partial charge in [-0.25, -0.2) is 0 Å². The highest BCUT2D eigenvalue weighted by Gasteiger charge is 2.63. The maximum absolute atomic E-state index is 12.9. The normalized spacial score (nSPS) is 30.3. The number of esters is 1. The van der Waals surface area contributed by atoms with E-state index in [1.807, 2.05) is 13.0 Å². The number of fused-ring (bicyclic) bond motifs is 3. The number of ketones is 2. The van der Waals surface area contributed by atoms with Gasteiger partial charge in [0.25, 0.3) is 0 Å². The molecule has 0 saturated carbocycles. The van der Waals surface area contributed by atoms with Crippen LogP contribution in [0.3, 0.4) is 0 Å². The fourth-order valence-corrected chi connectivity index (χ4v) is 4.35. The Labute approximate surface area is 175 Å². The second-order valence-electron chi connectivity index (χ2n) is 8.02. The zero-order chi connectivity index (χ0) is 21.5. The van der Waals surface area contributed by atoms with Crippen LogP contribution in [0.1, 0.15) is 41.0 Å². The third-order valence-electron chi connectivity index (χ3n) is 5.77.